The lowest BCUT2D eigenvalue weighted by atomic mass is 10.2. The van der Waals surface area contributed by atoms with Gasteiger partial charge in [0.2, 0.25) is 0 Å². The molecule has 10 nitrogen and oxygen atoms in total. The van der Waals surface area contributed by atoms with Crippen LogP contribution in [-0.4, -0.2) is 39.8 Å². The van der Waals surface area contributed by atoms with Crippen molar-refractivity contribution in [2.75, 3.05) is 12.4 Å². The molecule has 0 fully saturated rings. The number of anilines is 1. The van der Waals surface area contributed by atoms with E-state index in [1.807, 2.05) is 13.0 Å². The third kappa shape index (κ3) is 4.86. The van der Waals surface area contributed by atoms with E-state index in [0.29, 0.717) is 0 Å². The van der Waals surface area contributed by atoms with Gasteiger partial charge in [-0.05, 0) is 56.3 Å². The quantitative estimate of drug-likeness (QED) is 0.350. The number of esters is 1. The molecule has 31 heavy (non-hydrogen) atoms. The molecule has 0 aliphatic rings. The Morgan fingerprint density at radius 2 is 1.87 bits per heavy atom. The van der Waals surface area contributed by atoms with Gasteiger partial charge in [-0.1, -0.05) is 0 Å². The molecule has 3 rings (SSSR count). The van der Waals surface area contributed by atoms with Crippen molar-refractivity contribution in [3.8, 4) is 11.4 Å². The Balaban J connectivity index is 1.66. The Morgan fingerprint density at radius 1 is 1.16 bits per heavy atom. The highest BCUT2D eigenvalue weighted by Crippen LogP contribution is 2.29. The van der Waals surface area contributed by atoms with Crippen molar-refractivity contribution in [3.05, 3.63) is 76.1 Å². The van der Waals surface area contributed by atoms with Crippen molar-refractivity contribution in [2.45, 2.75) is 20.0 Å². The van der Waals surface area contributed by atoms with Crippen LogP contribution in [0.15, 0.2) is 54.7 Å². The molecule has 0 saturated heterocycles. The van der Waals surface area contributed by atoms with Crippen LogP contribution >= 0.6 is 0 Å². The molecule has 1 atom stereocenters. The highest BCUT2D eigenvalue weighted by atomic mass is 16.6. The number of methoxy groups -OCH3 is 1. The van der Waals surface area contributed by atoms with E-state index in [1.165, 1.54) is 32.2 Å². The van der Waals surface area contributed by atoms with Gasteiger partial charge < -0.3 is 14.8 Å². The summed E-state index contributed by atoms with van der Waals surface area (Å²) in [5.74, 6) is -1.13. The molecule has 10 heteroatoms. The molecule has 1 amide bonds. The van der Waals surface area contributed by atoms with Crippen molar-refractivity contribution in [1.82, 2.24) is 9.78 Å². The highest BCUT2D eigenvalue weighted by molar-refractivity contribution is 5.98. The molecule has 1 unspecified atom stereocenters. The van der Waals surface area contributed by atoms with Crippen molar-refractivity contribution in [3.63, 3.8) is 0 Å². The third-order valence-corrected chi connectivity index (χ3v) is 4.49. The van der Waals surface area contributed by atoms with E-state index in [1.54, 1.807) is 35.1 Å². The normalized spacial score (nSPS) is 11.5. The predicted molar refractivity (Wildman–Crippen MR) is 111 cm³/mol. The number of nitro benzene ring substituents is 1. The first-order valence-corrected chi connectivity index (χ1v) is 9.25. The van der Waals surface area contributed by atoms with Crippen LogP contribution in [0, 0.1) is 17.0 Å². The van der Waals surface area contributed by atoms with Crippen LogP contribution in [0.3, 0.4) is 0 Å². The summed E-state index contributed by atoms with van der Waals surface area (Å²) in [5, 5.41) is 17.8. The van der Waals surface area contributed by atoms with E-state index in [0.717, 1.165) is 11.4 Å². The molecule has 1 N–H and O–H groups in total. The van der Waals surface area contributed by atoms with Gasteiger partial charge in [-0.15, -0.1) is 0 Å². The molecule has 2 aromatic carbocycles. The fourth-order valence-electron chi connectivity index (χ4n) is 2.79. The fourth-order valence-corrected chi connectivity index (χ4v) is 2.79. The van der Waals surface area contributed by atoms with Crippen LogP contribution < -0.4 is 10.1 Å². The first kappa shape index (κ1) is 21.5. The average Bonchev–Trinajstić information content (AvgIpc) is 3.19. The van der Waals surface area contributed by atoms with Crippen molar-refractivity contribution in [2.24, 2.45) is 0 Å². The Kier molecular flexibility index (Phi) is 6.29. The average molecular weight is 424 g/mol. The molecule has 0 spiro atoms. The number of aromatic nitrogens is 2. The maximum atomic E-state index is 12.4. The van der Waals surface area contributed by atoms with E-state index < -0.39 is 22.9 Å². The van der Waals surface area contributed by atoms with E-state index >= 15 is 0 Å². The number of hydrogen-bond donors (Lipinski definition) is 1. The summed E-state index contributed by atoms with van der Waals surface area (Å²) in [6.07, 6.45) is 0.493. The molecule has 160 valence electrons. The standard InChI is InChI=1S/C21H20N4O6/c1-13-10-11-22-24(13)16-6-4-15(5-7-16)21(27)31-14(2)20(26)23-18-9-8-17(30-3)12-19(18)25(28)29/h4-12,14H,1-3H3,(H,23,26). The molecular formula is C21H20N4O6. The van der Waals surface area contributed by atoms with E-state index in [9.17, 15) is 19.7 Å². The van der Waals surface area contributed by atoms with Crippen LogP contribution in [0.4, 0.5) is 11.4 Å². The maximum Gasteiger partial charge on any atom is 0.338 e. The zero-order valence-corrected chi connectivity index (χ0v) is 17.1. The van der Waals surface area contributed by atoms with Crippen molar-refractivity contribution < 1.29 is 24.0 Å². The second-order valence-corrected chi connectivity index (χ2v) is 6.61. The second kappa shape index (κ2) is 9.08. The Morgan fingerprint density at radius 3 is 2.45 bits per heavy atom. The minimum Gasteiger partial charge on any atom is -0.496 e. The van der Waals surface area contributed by atoms with Crippen molar-refractivity contribution >= 4 is 23.3 Å². The first-order valence-electron chi connectivity index (χ1n) is 9.25. The van der Waals surface area contributed by atoms with Crippen molar-refractivity contribution in [1.29, 1.82) is 0 Å². The number of rotatable bonds is 7. The van der Waals surface area contributed by atoms with Gasteiger partial charge in [0.1, 0.15) is 11.4 Å². The molecular weight excluding hydrogens is 404 g/mol. The summed E-state index contributed by atoms with van der Waals surface area (Å²) in [7, 11) is 1.38. The van der Waals surface area contributed by atoms with Crippen LogP contribution in [0.2, 0.25) is 0 Å². The number of aryl methyl sites for hydroxylation is 1. The number of ether oxygens (including phenoxy) is 2. The number of carbonyl (C=O) groups excluding carboxylic acids is 2. The van der Waals surface area contributed by atoms with Gasteiger partial charge in [0.15, 0.2) is 6.10 Å². The lowest BCUT2D eigenvalue weighted by molar-refractivity contribution is -0.384. The van der Waals surface area contributed by atoms with E-state index in [4.69, 9.17) is 9.47 Å². The Labute approximate surface area is 177 Å². The highest BCUT2D eigenvalue weighted by Gasteiger charge is 2.23. The lowest BCUT2D eigenvalue weighted by Gasteiger charge is -2.14. The minimum absolute atomic E-state index is 0.0300. The monoisotopic (exact) mass is 424 g/mol. The van der Waals surface area contributed by atoms with Gasteiger partial charge in [0.05, 0.1) is 29.4 Å². The van der Waals surface area contributed by atoms with Crippen LogP contribution in [0.5, 0.6) is 5.75 Å². The summed E-state index contributed by atoms with van der Waals surface area (Å²) >= 11 is 0. The smallest absolute Gasteiger partial charge is 0.338 e. The lowest BCUT2D eigenvalue weighted by Crippen LogP contribution is -2.30. The minimum atomic E-state index is -1.18. The fraction of sp³-hybridized carbons (Fsp3) is 0.190. The Hall–Kier alpha value is -4.21. The number of nitrogens with one attached hydrogen (secondary N) is 1. The maximum absolute atomic E-state index is 12.4. The number of nitro groups is 1. The largest absolute Gasteiger partial charge is 0.496 e. The van der Waals surface area contributed by atoms with Crippen LogP contribution in [0.1, 0.15) is 23.0 Å². The zero-order valence-electron chi connectivity index (χ0n) is 17.1. The van der Waals surface area contributed by atoms with Gasteiger partial charge in [-0.25, -0.2) is 9.48 Å². The van der Waals surface area contributed by atoms with Gasteiger partial charge in [-0.3, -0.25) is 14.9 Å². The van der Waals surface area contributed by atoms with Gasteiger partial charge in [0, 0.05) is 11.9 Å². The zero-order chi connectivity index (χ0) is 22.5. The van der Waals surface area contributed by atoms with E-state index in [-0.39, 0.29) is 22.7 Å². The van der Waals surface area contributed by atoms with Gasteiger partial charge in [-0.2, -0.15) is 5.10 Å². The molecule has 1 aromatic heterocycles. The number of amides is 1. The second-order valence-electron chi connectivity index (χ2n) is 6.61. The molecule has 1 heterocycles. The van der Waals surface area contributed by atoms with Crippen LogP contribution in [-0.2, 0) is 9.53 Å². The van der Waals surface area contributed by atoms with E-state index in [2.05, 4.69) is 10.4 Å². The molecule has 0 aliphatic carbocycles. The van der Waals surface area contributed by atoms with Gasteiger partial charge >= 0.3 is 5.97 Å². The summed E-state index contributed by atoms with van der Waals surface area (Å²) in [4.78, 5) is 35.4. The summed E-state index contributed by atoms with van der Waals surface area (Å²) in [6.45, 7) is 3.28. The number of hydrogen-bond acceptors (Lipinski definition) is 7. The Bertz CT molecular complexity index is 1120. The van der Waals surface area contributed by atoms with Crippen LogP contribution in [0.25, 0.3) is 5.69 Å². The molecule has 0 aliphatic heterocycles. The molecule has 0 radical (unpaired) electrons. The number of carbonyl (C=O) groups is 2. The SMILES string of the molecule is COc1ccc(NC(=O)C(C)OC(=O)c2ccc(-n3nccc3C)cc2)c([N+](=O)[O-])c1. The molecule has 0 saturated carbocycles. The number of nitrogens with zero attached hydrogens (tertiary/aromatic N) is 3. The molecule has 0 bridgehead atoms. The third-order valence-electron chi connectivity index (χ3n) is 4.49. The summed E-state index contributed by atoms with van der Waals surface area (Å²) in [5.41, 5.74) is 1.60. The van der Waals surface area contributed by atoms with Gasteiger partial charge in [0.25, 0.3) is 11.6 Å². The summed E-state index contributed by atoms with van der Waals surface area (Å²) in [6, 6.07) is 12.4. The first-order chi connectivity index (χ1) is 14.8. The topological polar surface area (TPSA) is 126 Å². The number of benzene rings is 2. The summed E-state index contributed by atoms with van der Waals surface area (Å²) < 4.78 is 11.9. The predicted octanol–water partition coefficient (Wildman–Crippen LogP) is 3.28. The molecule has 3 aromatic rings.